The molecule has 1 nitrogen and oxygen atoms in total. The number of carbonyl (C=O) groups is 1. The first-order valence-electron chi connectivity index (χ1n) is 7.66. The maximum absolute atomic E-state index is 10.8. The molecule has 2 aliphatic carbocycles. The molecular formula is C16H28O. The van der Waals surface area contributed by atoms with Crippen molar-refractivity contribution in [2.45, 2.75) is 65.2 Å². The zero-order valence-electron chi connectivity index (χ0n) is 11.5. The van der Waals surface area contributed by atoms with E-state index in [0.29, 0.717) is 5.92 Å². The summed E-state index contributed by atoms with van der Waals surface area (Å²) in [6, 6.07) is 0. The minimum absolute atomic E-state index is 0.383. The Morgan fingerprint density at radius 1 is 1.00 bits per heavy atom. The zero-order valence-corrected chi connectivity index (χ0v) is 11.5. The topological polar surface area (TPSA) is 17.1 Å². The number of hydrogen-bond acceptors (Lipinski definition) is 1. The van der Waals surface area contributed by atoms with Crippen molar-refractivity contribution < 1.29 is 4.79 Å². The molecule has 17 heavy (non-hydrogen) atoms. The average Bonchev–Trinajstić information content (AvgIpc) is 2.36. The van der Waals surface area contributed by atoms with Gasteiger partial charge in [-0.2, -0.15) is 0 Å². The van der Waals surface area contributed by atoms with Crippen LogP contribution in [0.2, 0.25) is 0 Å². The van der Waals surface area contributed by atoms with Crippen LogP contribution in [0.1, 0.15) is 65.2 Å². The fourth-order valence-corrected chi connectivity index (χ4v) is 4.01. The van der Waals surface area contributed by atoms with E-state index in [-0.39, 0.29) is 0 Å². The molecular weight excluding hydrogens is 208 g/mol. The van der Waals surface area contributed by atoms with Gasteiger partial charge in [-0.05, 0) is 55.8 Å². The van der Waals surface area contributed by atoms with E-state index in [1.54, 1.807) is 0 Å². The van der Waals surface area contributed by atoms with Gasteiger partial charge in [0.05, 0.1) is 0 Å². The summed E-state index contributed by atoms with van der Waals surface area (Å²) in [5.41, 5.74) is 0. The summed E-state index contributed by atoms with van der Waals surface area (Å²) >= 11 is 0. The van der Waals surface area contributed by atoms with E-state index >= 15 is 0 Å². The number of carbonyl (C=O) groups excluding carboxylic acids is 1. The minimum Gasteiger partial charge on any atom is -0.303 e. The Hall–Kier alpha value is -0.330. The van der Waals surface area contributed by atoms with E-state index in [9.17, 15) is 4.79 Å². The van der Waals surface area contributed by atoms with Crippen molar-refractivity contribution in [3.63, 3.8) is 0 Å². The molecule has 0 spiro atoms. The van der Waals surface area contributed by atoms with E-state index in [1.165, 1.54) is 44.8 Å². The van der Waals surface area contributed by atoms with Crippen LogP contribution in [0.4, 0.5) is 0 Å². The normalized spacial score (nSPS) is 43.3. The van der Waals surface area contributed by atoms with Crippen LogP contribution in [0.25, 0.3) is 0 Å². The van der Waals surface area contributed by atoms with Crippen LogP contribution in [0.15, 0.2) is 0 Å². The Bertz CT molecular complexity index is 240. The van der Waals surface area contributed by atoms with Crippen molar-refractivity contribution in [2.24, 2.45) is 29.6 Å². The van der Waals surface area contributed by atoms with Gasteiger partial charge in [-0.1, -0.05) is 33.1 Å². The molecule has 2 fully saturated rings. The second kappa shape index (κ2) is 6.02. The molecule has 0 saturated heterocycles. The second-order valence-electron chi connectivity index (χ2n) is 6.68. The van der Waals surface area contributed by atoms with Gasteiger partial charge in [-0.25, -0.2) is 0 Å². The quantitative estimate of drug-likeness (QED) is 0.661. The highest BCUT2D eigenvalue weighted by atomic mass is 16.1. The molecule has 0 N–H and O–H groups in total. The van der Waals surface area contributed by atoms with Crippen LogP contribution in [-0.4, -0.2) is 6.29 Å². The molecule has 0 heterocycles. The predicted molar refractivity (Wildman–Crippen MR) is 71.8 cm³/mol. The van der Waals surface area contributed by atoms with Crippen molar-refractivity contribution in [1.82, 2.24) is 0 Å². The lowest BCUT2D eigenvalue weighted by Crippen LogP contribution is -2.27. The monoisotopic (exact) mass is 236 g/mol. The first-order chi connectivity index (χ1) is 8.20. The van der Waals surface area contributed by atoms with Crippen molar-refractivity contribution in [1.29, 1.82) is 0 Å². The molecule has 1 heteroatoms. The summed E-state index contributed by atoms with van der Waals surface area (Å²) in [4.78, 5) is 10.8. The third-order valence-corrected chi connectivity index (χ3v) is 5.60. The van der Waals surface area contributed by atoms with Crippen LogP contribution in [0.5, 0.6) is 0 Å². The first kappa shape index (κ1) is 13.1. The van der Waals surface area contributed by atoms with Gasteiger partial charge in [0.15, 0.2) is 0 Å². The SMILES string of the molecule is CC1CCCC(CC2CCC(C=O)CC2)C1C. The van der Waals surface area contributed by atoms with E-state index in [4.69, 9.17) is 0 Å². The zero-order chi connectivity index (χ0) is 12.3. The van der Waals surface area contributed by atoms with Crippen LogP contribution in [0.3, 0.4) is 0 Å². The van der Waals surface area contributed by atoms with Gasteiger partial charge in [-0.15, -0.1) is 0 Å². The van der Waals surface area contributed by atoms with Crippen LogP contribution >= 0.6 is 0 Å². The third kappa shape index (κ3) is 3.33. The molecule has 3 atom stereocenters. The lowest BCUT2D eigenvalue weighted by Gasteiger charge is -2.37. The van der Waals surface area contributed by atoms with Crippen molar-refractivity contribution in [3.8, 4) is 0 Å². The van der Waals surface area contributed by atoms with Gasteiger partial charge in [0, 0.05) is 5.92 Å². The molecule has 0 aromatic carbocycles. The largest absolute Gasteiger partial charge is 0.303 e. The molecule has 0 aliphatic heterocycles. The Balaban J connectivity index is 1.79. The molecule has 0 radical (unpaired) electrons. The highest BCUT2D eigenvalue weighted by Crippen LogP contribution is 2.41. The van der Waals surface area contributed by atoms with Gasteiger partial charge >= 0.3 is 0 Å². The van der Waals surface area contributed by atoms with Crippen LogP contribution in [-0.2, 0) is 4.79 Å². The Kier molecular flexibility index (Phi) is 4.64. The number of hydrogen-bond donors (Lipinski definition) is 0. The molecule has 98 valence electrons. The molecule has 0 aromatic rings. The summed E-state index contributed by atoms with van der Waals surface area (Å²) < 4.78 is 0. The molecule has 2 rings (SSSR count). The smallest absolute Gasteiger partial charge is 0.123 e. The van der Waals surface area contributed by atoms with Gasteiger partial charge in [-0.3, -0.25) is 0 Å². The fraction of sp³-hybridized carbons (Fsp3) is 0.938. The highest BCUT2D eigenvalue weighted by Gasteiger charge is 2.30. The Morgan fingerprint density at radius 3 is 2.35 bits per heavy atom. The fourth-order valence-electron chi connectivity index (χ4n) is 4.01. The predicted octanol–water partition coefficient (Wildman–Crippen LogP) is 4.45. The van der Waals surface area contributed by atoms with Gasteiger partial charge < -0.3 is 4.79 Å². The molecule has 0 bridgehead atoms. The summed E-state index contributed by atoms with van der Waals surface area (Å²) in [6.07, 6.45) is 11.9. The maximum atomic E-state index is 10.8. The van der Waals surface area contributed by atoms with E-state index in [1.807, 2.05) is 0 Å². The number of rotatable bonds is 3. The highest BCUT2D eigenvalue weighted by molar-refractivity contribution is 5.53. The average molecular weight is 236 g/mol. The number of aldehydes is 1. The van der Waals surface area contributed by atoms with Crippen molar-refractivity contribution >= 4 is 6.29 Å². The van der Waals surface area contributed by atoms with Gasteiger partial charge in [0.2, 0.25) is 0 Å². The molecule has 0 aromatic heterocycles. The summed E-state index contributed by atoms with van der Waals surface area (Å²) in [5, 5.41) is 0. The summed E-state index contributed by atoms with van der Waals surface area (Å²) in [7, 11) is 0. The Morgan fingerprint density at radius 2 is 1.71 bits per heavy atom. The van der Waals surface area contributed by atoms with Crippen LogP contribution < -0.4 is 0 Å². The maximum Gasteiger partial charge on any atom is 0.123 e. The summed E-state index contributed by atoms with van der Waals surface area (Å²) in [6.45, 7) is 4.89. The van der Waals surface area contributed by atoms with E-state index < -0.39 is 0 Å². The van der Waals surface area contributed by atoms with Crippen LogP contribution in [0, 0.1) is 29.6 Å². The second-order valence-corrected chi connectivity index (χ2v) is 6.68. The van der Waals surface area contributed by atoms with E-state index in [2.05, 4.69) is 13.8 Å². The molecule has 3 unspecified atom stereocenters. The molecule has 2 aliphatic rings. The molecule has 0 amide bonds. The van der Waals surface area contributed by atoms with E-state index in [0.717, 1.165) is 36.5 Å². The van der Waals surface area contributed by atoms with Gasteiger partial charge in [0.1, 0.15) is 6.29 Å². The Labute approximate surface area is 106 Å². The van der Waals surface area contributed by atoms with Crippen molar-refractivity contribution in [2.75, 3.05) is 0 Å². The summed E-state index contributed by atoms with van der Waals surface area (Å²) in [5.74, 6) is 4.13. The standard InChI is InChI=1S/C16H28O/c1-12-4-3-5-16(13(12)2)10-14-6-8-15(11-17)9-7-14/h11-16H,3-10H2,1-2H3. The third-order valence-electron chi connectivity index (χ3n) is 5.60. The lowest BCUT2D eigenvalue weighted by molar-refractivity contribution is -0.112. The van der Waals surface area contributed by atoms with Gasteiger partial charge in [0.25, 0.3) is 0 Å². The minimum atomic E-state index is 0.383. The lowest BCUT2D eigenvalue weighted by atomic mass is 9.68. The molecule has 2 saturated carbocycles. The first-order valence-corrected chi connectivity index (χ1v) is 7.66. The van der Waals surface area contributed by atoms with Crippen molar-refractivity contribution in [3.05, 3.63) is 0 Å².